The van der Waals surface area contributed by atoms with Crippen molar-refractivity contribution in [1.29, 1.82) is 0 Å². The van der Waals surface area contributed by atoms with Gasteiger partial charge in [0, 0.05) is 11.5 Å². The molecule has 4 atom stereocenters. The molecule has 2 fully saturated rings. The van der Waals surface area contributed by atoms with Crippen molar-refractivity contribution in [3.05, 3.63) is 120 Å². The van der Waals surface area contributed by atoms with E-state index >= 15 is 0 Å². The lowest BCUT2D eigenvalue weighted by Crippen LogP contribution is -2.87. The van der Waals surface area contributed by atoms with Gasteiger partial charge in [0.25, 0.3) is 0 Å². The lowest BCUT2D eigenvalue weighted by Gasteiger charge is -2.28. The van der Waals surface area contributed by atoms with Crippen LogP contribution in [0, 0.1) is 0 Å². The average molecular weight is 811 g/mol. The Balaban J connectivity index is 0.000000202. The number of rotatable bonds is 15. The fourth-order valence-corrected chi connectivity index (χ4v) is 6.65. The Hall–Kier alpha value is -5.42. The van der Waals surface area contributed by atoms with Crippen molar-refractivity contribution in [2.75, 3.05) is 52.0 Å². The number of carboxylic acid groups (broad SMARTS) is 2. The highest BCUT2D eigenvalue weighted by Crippen LogP contribution is 2.27. The predicted octanol–water partition coefficient (Wildman–Crippen LogP) is 0.358. The molecule has 4 unspecified atom stereocenters. The van der Waals surface area contributed by atoms with Crippen LogP contribution in [0.3, 0.4) is 0 Å². The van der Waals surface area contributed by atoms with E-state index < -0.39 is 46.8 Å². The normalized spacial score (nSPS) is 19.8. The van der Waals surface area contributed by atoms with Crippen LogP contribution in [0.5, 0.6) is 23.0 Å². The first kappa shape index (κ1) is 40.2. The molecule has 0 amide bonds. The van der Waals surface area contributed by atoms with Crippen molar-refractivity contribution in [2.24, 2.45) is 0 Å². The van der Waals surface area contributed by atoms with E-state index in [9.17, 15) is 29.4 Å². The second kappa shape index (κ2) is 23.5. The molecule has 4 aromatic carbocycles. The number of esters is 2. The molecule has 298 valence electrons. The van der Waals surface area contributed by atoms with Crippen LogP contribution in [-0.2, 0) is 19.1 Å². The number of quaternary nitrogens is 2. The van der Waals surface area contributed by atoms with Crippen molar-refractivity contribution in [1.82, 2.24) is 0 Å². The fourth-order valence-electron chi connectivity index (χ4n) is 4.89. The molecule has 2 saturated heterocycles. The smallest absolute Gasteiger partial charge is 0.338 e. The van der Waals surface area contributed by atoms with Gasteiger partial charge < -0.3 is 58.9 Å². The van der Waals surface area contributed by atoms with Gasteiger partial charge in [-0.05, 0) is 48.5 Å². The molecule has 2 aliphatic rings. The van der Waals surface area contributed by atoms with Crippen LogP contribution in [0.1, 0.15) is 23.5 Å². The van der Waals surface area contributed by atoms with E-state index in [2.05, 4.69) is 9.47 Å². The number of ether oxygens (including phenoxy) is 6. The van der Waals surface area contributed by atoms with Crippen molar-refractivity contribution < 1.29 is 71.2 Å². The summed E-state index contributed by atoms with van der Waals surface area (Å²) in [7, 11) is 3.24. The van der Waals surface area contributed by atoms with Crippen molar-refractivity contribution in [3.63, 3.8) is 0 Å². The molecule has 56 heavy (non-hydrogen) atoms. The number of carboxylic acids is 2. The molecule has 0 spiro atoms. The Morgan fingerprint density at radius 3 is 1.25 bits per heavy atom. The molecule has 4 aromatic rings. The number of carbonyl (C=O) groups is 4. The Labute approximate surface area is 336 Å². The maximum absolute atomic E-state index is 12.0. The summed E-state index contributed by atoms with van der Waals surface area (Å²) in [5.74, 6) is -1.48. The Bertz CT molecular complexity index is 1800. The number of nitrogens with two attached hydrogens (primary N) is 2. The van der Waals surface area contributed by atoms with Crippen LogP contribution in [0.4, 0.5) is 0 Å². The van der Waals surface area contributed by atoms with Gasteiger partial charge in [-0.3, -0.25) is 0 Å². The first-order valence-electron chi connectivity index (χ1n) is 18.3. The van der Waals surface area contributed by atoms with E-state index in [0.29, 0.717) is 36.2 Å². The third kappa shape index (κ3) is 14.0. The summed E-state index contributed by atoms with van der Waals surface area (Å²) in [5.41, 5.74) is -0.0459. The number of aliphatic carboxylic acids is 2. The number of hydrogen-bond acceptors (Lipinski definition) is 14. The third-order valence-electron chi connectivity index (χ3n) is 7.66. The monoisotopic (exact) mass is 810 g/mol. The van der Waals surface area contributed by atoms with E-state index in [1.807, 2.05) is 59.2 Å². The molecule has 0 radical (unpaired) electrons. The zero-order chi connectivity index (χ0) is 42.0. The Morgan fingerprint density at radius 2 is 0.946 bits per heavy atom. The molecule has 0 aliphatic carbocycles. The van der Waals surface area contributed by atoms with E-state index in [1.54, 1.807) is 49.9 Å². The largest absolute Gasteiger partial charge is 0.546 e. The third-order valence-corrected chi connectivity index (χ3v) is 9.85. The van der Waals surface area contributed by atoms with Crippen molar-refractivity contribution in [2.45, 2.75) is 22.9 Å². The molecule has 2 heterocycles. The highest BCUT2D eigenvalue weighted by Gasteiger charge is 2.32. The van der Waals surface area contributed by atoms with Gasteiger partial charge in [0.05, 0.1) is 50.4 Å². The van der Waals surface area contributed by atoms with Gasteiger partial charge in [-0.1, -0.05) is 84.2 Å². The summed E-state index contributed by atoms with van der Waals surface area (Å²) in [6.45, 7) is 2.73. The molecule has 0 saturated carbocycles. The quantitative estimate of drug-likeness (QED) is 0.156. The zero-order valence-corrected chi connectivity index (χ0v) is 32.3. The molecule has 6 rings (SSSR count). The van der Waals surface area contributed by atoms with Crippen LogP contribution in [0.15, 0.2) is 109 Å². The minimum atomic E-state index is -2.39. The summed E-state index contributed by atoms with van der Waals surface area (Å²) in [6.07, 6.45) is -4.78. The Kier molecular flexibility index (Phi) is 16.9. The number of thioether (sulfide) groups is 2. The van der Waals surface area contributed by atoms with E-state index in [0.717, 1.165) is 24.6 Å². The molecule has 16 heteroatoms. The lowest BCUT2D eigenvalue weighted by atomic mass is 10.1. The molecule has 0 bridgehead atoms. The predicted molar refractivity (Wildman–Crippen MR) is 204 cm³/mol. The zero-order valence-electron chi connectivity index (χ0n) is 32.7. The summed E-state index contributed by atoms with van der Waals surface area (Å²) in [6, 6.07) is 29.6. The average Bonchev–Trinajstić information content (AvgIpc) is 3.89. The topological polar surface area (TPSA) is 203 Å². The SMILES string of the molecule is O=C(OC(C(=O)[O-])C(OC(=O)c1ccccc1)C(=O)[O-])c1ccccc1.[2H]C1(COc2ccccc2OC)[NH2+]CCS1.[2H]C1(COc2ccccc2OC)[NH2+]CCS1. The fraction of sp³-hybridized carbons (Fsp3) is 0.300. The van der Waals surface area contributed by atoms with E-state index in [1.165, 1.54) is 48.5 Å². The molecule has 14 nitrogen and oxygen atoms in total. The van der Waals surface area contributed by atoms with Crippen LogP contribution in [0.25, 0.3) is 0 Å². The number of carbonyl (C=O) groups excluding carboxylic acids is 4. The minimum Gasteiger partial charge on any atom is -0.546 e. The highest BCUT2D eigenvalue weighted by molar-refractivity contribution is 8.00. The number of para-hydroxylation sites is 4. The van der Waals surface area contributed by atoms with Gasteiger partial charge in [-0.25, -0.2) is 9.59 Å². The standard InChI is InChI=1S/C18H14O8.2C11H15NO2S/c19-15(20)13(25-17(23)11-7-3-1-4-8-11)14(16(21)22)26-18(24)12-9-5-2-6-10-12;2*1-13-9-4-2-3-5-10(9)14-8-11-12-6-7-15-11/h1-10,13-14H,(H,19,20)(H,21,22);2*2-5,11-12H,6-8H2,1H3/i;2*11D. The van der Waals surface area contributed by atoms with Gasteiger partial charge in [-0.2, -0.15) is 0 Å². The van der Waals surface area contributed by atoms with Crippen LogP contribution in [-0.4, -0.2) is 98.8 Å². The molecule has 0 aromatic heterocycles. The molecular weight excluding hydrogens is 765 g/mol. The number of methoxy groups -OCH3 is 2. The highest BCUT2D eigenvalue weighted by atomic mass is 32.2. The van der Waals surface area contributed by atoms with Crippen LogP contribution >= 0.6 is 23.5 Å². The van der Waals surface area contributed by atoms with Gasteiger partial charge in [0.1, 0.15) is 2.74 Å². The number of benzene rings is 4. The summed E-state index contributed by atoms with van der Waals surface area (Å²) in [5, 5.41) is 25.3. The van der Waals surface area contributed by atoms with E-state index in [-0.39, 0.29) is 11.1 Å². The first-order valence-corrected chi connectivity index (χ1v) is 19.3. The Morgan fingerprint density at radius 1 is 0.607 bits per heavy atom. The molecule has 2 aliphatic heterocycles. The maximum atomic E-state index is 12.0. The van der Waals surface area contributed by atoms with Crippen LogP contribution < -0.4 is 39.8 Å². The van der Waals surface area contributed by atoms with Gasteiger partial charge >= 0.3 is 11.9 Å². The summed E-state index contributed by atoms with van der Waals surface area (Å²) >= 11 is 3.25. The van der Waals surface area contributed by atoms with E-state index in [4.69, 9.17) is 21.7 Å². The van der Waals surface area contributed by atoms with Gasteiger partial charge in [-0.15, -0.1) is 0 Å². The molecular formula is C40H44N2O12S2. The maximum Gasteiger partial charge on any atom is 0.338 e. The van der Waals surface area contributed by atoms with Crippen LogP contribution in [0.2, 0.25) is 0 Å². The minimum absolute atomic E-state index is 0.0229. The second-order valence-corrected chi connectivity index (χ2v) is 14.0. The van der Waals surface area contributed by atoms with Crippen molar-refractivity contribution in [3.8, 4) is 23.0 Å². The van der Waals surface area contributed by atoms with Gasteiger partial charge in [0.15, 0.2) is 59.1 Å². The second-order valence-electron chi connectivity index (χ2n) is 11.5. The summed E-state index contributed by atoms with van der Waals surface area (Å²) in [4.78, 5) is 46.5. The lowest BCUT2D eigenvalue weighted by molar-refractivity contribution is -0.658. The van der Waals surface area contributed by atoms with Gasteiger partial charge in [0.2, 0.25) is 0 Å². The number of hydrogen-bond donors (Lipinski definition) is 2. The molecule has 4 N–H and O–H groups in total. The summed E-state index contributed by atoms with van der Waals surface area (Å²) < 4.78 is 47.2. The first-order chi connectivity index (χ1) is 27.9. The van der Waals surface area contributed by atoms with Crippen molar-refractivity contribution >= 4 is 47.4 Å².